The minimum atomic E-state index is -3.82. The second-order valence-corrected chi connectivity index (χ2v) is 11.7. The monoisotopic (exact) mass is 512 g/mol. The molecule has 36 heavy (non-hydrogen) atoms. The summed E-state index contributed by atoms with van der Waals surface area (Å²) in [5, 5.41) is 3.18. The number of sulfonamides is 1. The summed E-state index contributed by atoms with van der Waals surface area (Å²) in [5.41, 5.74) is 2.05. The Bertz CT molecular complexity index is 1390. The Morgan fingerprint density at radius 2 is 1.81 bits per heavy atom. The molecule has 0 saturated carbocycles. The summed E-state index contributed by atoms with van der Waals surface area (Å²) in [4.78, 5) is 27.3. The third-order valence-electron chi connectivity index (χ3n) is 7.34. The van der Waals surface area contributed by atoms with Gasteiger partial charge in [-0.05, 0) is 43.4 Å². The van der Waals surface area contributed by atoms with Crippen LogP contribution < -0.4 is 11.1 Å². The van der Waals surface area contributed by atoms with Crippen LogP contribution in [0.25, 0.3) is 11.1 Å². The topological polar surface area (TPSA) is 105 Å². The molecular weight excluding hydrogens is 480 g/mol. The van der Waals surface area contributed by atoms with Gasteiger partial charge in [-0.15, -0.1) is 0 Å². The summed E-state index contributed by atoms with van der Waals surface area (Å²) in [6.07, 6.45) is 3.05. The van der Waals surface area contributed by atoms with Crippen molar-refractivity contribution in [3.05, 3.63) is 64.6 Å². The number of hydrogen-bond acceptors (Lipinski definition) is 6. The van der Waals surface area contributed by atoms with E-state index in [9.17, 15) is 18.0 Å². The maximum atomic E-state index is 13.3. The molecule has 2 aromatic carbocycles. The predicted octanol–water partition coefficient (Wildman–Crippen LogP) is 2.31. The molecule has 2 saturated heterocycles. The van der Waals surface area contributed by atoms with Gasteiger partial charge in [-0.1, -0.05) is 30.3 Å². The standard InChI is InChI=1S/C26H32N4O5S/c1-28-23-10-9-22(16-24(23)35-26(28)32)36(33,34)30-13-5-8-20(18-30)25(31)27-21-11-14-29(15-12-21)17-19-6-3-2-4-7-19/h2-4,6-7,9-10,16,20-21H,5,8,11-15,17-18H2,1H3,(H,27,31)/t20-/m0/s1. The average molecular weight is 513 g/mol. The van der Waals surface area contributed by atoms with Crippen molar-refractivity contribution in [3.8, 4) is 0 Å². The summed E-state index contributed by atoms with van der Waals surface area (Å²) in [6.45, 7) is 3.26. The van der Waals surface area contributed by atoms with Crippen molar-refractivity contribution in [1.29, 1.82) is 0 Å². The largest absolute Gasteiger partial charge is 0.419 e. The van der Waals surface area contributed by atoms with Crippen molar-refractivity contribution in [1.82, 2.24) is 19.1 Å². The fourth-order valence-corrected chi connectivity index (χ4v) is 6.73. The van der Waals surface area contributed by atoms with E-state index >= 15 is 0 Å². The lowest BCUT2D eigenvalue weighted by Gasteiger charge is -2.35. The molecule has 1 aromatic heterocycles. The van der Waals surface area contributed by atoms with Crippen LogP contribution in [0.4, 0.5) is 0 Å². The average Bonchev–Trinajstić information content (AvgIpc) is 3.18. The van der Waals surface area contributed by atoms with Crippen LogP contribution >= 0.6 is 0 Å². The fourth-order valence-electron chi connectivity index (χ4n) is 5.19. The molecule has 9 nitrogen and oxygen atoms in total. The molecule has 10 heteroatoms. The molecule has 0 aliphatic carbocycles. The molecule has 0 unspecified atom stereocenters. The van der Waals surface area contributed by atoms with E-state index in [4.69, 9.17) is 4.42 Å². The van der Waals surface area contributed by atoms with Gasteiger partial charge in [0.15, 0.2) is 5.58 Å². The highest BCUT2D eigenvalue weighted by Gasteiger charge is 2.34. The van der Waals surface area contributed by atoms with E-state index in [1.807, 2.05) is 18.2 Å². The normalized spacial score (nSPS) is 20.5. The van der Waals surface area contributed by atoms with E-state index in [0.29, 0.717) is 24.9 Å². The number of fused-ring (bicyclic) bond motifs is 1. The first-order valence-electron chi connectivity index (χ1n) is 12.5. The van der Waals surface area contributed by atoms with Gasteiger partial charge in [0.1, 0.15) is 0 Å². The number of piperidine rings is 2. The van der Waals surface area contributed by atoms with Crippen molar-refractivity contribution in [2.24, 2.45) is 13.0 Å². The minimum absolute atomic E-state index is 0.0659. The number of benzene rings is 2. The van der Waals surface area contributed by atoms with Crippen LogP contribution in [0.15, 0.2) is 62.6 Å². The van der Waals surface area contributed by atoms with Crippen LogP contribution in [0.5, 0.6) is 0 Å². The number of nitrogens with one attached hydrogen (secondary N) is 1. The lowest BCUT2D eigenvalue weighted by molar-refractivity contribution is -0.127. The number of nitrogens with zero attached hydrogens (tertiary/aromatic N) is 3. The maximum absolute atomic E-state index is 13.3. The maximum Gasteiger partial charge on any atom is 0.419 e. The second kappa shape index (κ2) is 10.2. The lowest BCUT2D eigenvalue weighted by Crippen LogP contribution is -2.50. The van der Waals surface area contributed by atoms with Crippen molar-refractivity contribution in [2.45, 2.75) is 43.2 Å². The van der Waals surface area contributed by atoms with Crippen LogP contribution in [0.1, 0.15) is 31.2 Å². The SMILES string of the molecule is Cn1c(=O)oc2cc(S(=O)(=O)N3CCC[C@H](C(=O)NC4CCN(Cc5ccccc5)CC4)C3)ccc21. The van der Waals surface area contributed by atoms with Gasteiger partial charge in [0, 0.05) is 51.9 Å². The number of rotatable bonds is 6. The molecule has 0 spiro atoms. The van der Waals surface area contributed by atoms with Gasteiger partial charge in [0.25, 0.3) is 0 Å². The zero-order valence-electron chi connectivity index (χ0n) is 20.4. The van der Waals surface area contributed by atoms with Gasteiger partial charge in [0.05, 0.1) is 16.3 Å². The molecule has 2 aliphatic rings. The van der Waals surface area contributed by atoms with Crippen LogP contribution in [0.3, 0.4) is 0 Å². The lowest BCUT2D eigenvalue weighted by atomic mass is 9.97. The summed E-state index contributed by atoms with van der Waals surface area (Å²) in [6, 6.07) is 14.9. The molecular formula is C26H32N4O5S. The molecule has 3 heterocycles. The summed E-state index contributed by atoms with van der Waals surface area (Å²) >= 11 is 0. The van der Waals surface area contributed by atoms with Gasteiger partial charge in [0.2, 0.25) is 15.9 Å². The molecule has 1 amide bonds. The molecule has 192 valence electrons. The van der Waals surface area contributed by atoms with E-state index in [1.165, 1.54) is 26.6 Å². The summed E-state index contributed by atoms with van der Waals surface area (Å²) in [7, 11) is -2.25. The van der Waals surface area contributed by atoms with Crippen molar-refractivity contribution in [2.75, 3.05) is 26.2 Å². The van der Waals surface area contributed by atoms with Gasteiger partial charge in [-0.3, -0.25) is 14.3 Å². The number of oxazole rings is 1. The first-order valence-corrected chi connectivity index (χ1v) is 13.9. The van der Waals surface area contributed by atoms with E-state index in [0.717, 1.165) is 32.5 Å². The predicted molar refractivity (Wildman–Crippen MR) is 136 cm³/mol. The number of likely N-dealkylation sites (tertiary alicyclic amines) is 1. The second-order valence-electron chi connectivity index (χ2n) is 9.80. The van der Waals surface area contributed by atoms with Crippen LogP contribution in [-0.2, 0) is 28.4 Å². The summed E-state index contributed by atoms with van der Waals surface area (Å²) in [5.74, 6) is -0.990. The van der Waals surface area contributed by atoms with Gasteiger partial charge in [-0.25, -0.2) is 13.2 Å². The number of aromatic nitrogens is 1. The molecule has 1 N–H and O–H groups in total. The molecule has 0 radical (unpaired) electrons. The Kier molecular flexibility index (Phi) is 7.00. The summed E-state index contributed by atoms with van der Waals surface area (Å²) < 4.78 is 34.5. The number of carbonyl (C=O) groups excluding carboxylic acids is 1. The molecule has 1 atom stereocenters. The quantitative estimate of drug-likeness (QED) is 0.544. The Morgan fingerprint density at radius 1 is 1.06 bits per heavy atom. The van der Waals surface area contributed by atoms with E-state index in [-0.39, 0.29) is 34.9 Å². The fraction of sp³-hybridized carbons (Fsp3) is 0.462. The van der Waals surface area contributed by atoms with E-state index in [2.05, 4.69) is 22.3 Å². The van der Waals surface area contributed by atoms with Crippen LogP contribution in [-0.4, -0.2) is 60.3 Å². The third-order valence-corrected chi connectivity index (χ3v) is 9.20. The number of hydrogen-bond donors (Lipinski definition) is 1. The number of carbonyl (C=O) groups is 1. The van der Waals surface area contributed by atoms with Crippen LogP contribution in [0.2, 0.25) is 0 Å². The number of aryl methyl sites for hydroxylation is 1. The van der Waals surface area contributed by atoms with Crippen molar-refractivity contribution in [3.63, 3.8) is 0 Å². The van der Waals surface area contributed by atoms with Crippen molar-refractivity contribution >= 4 is 27.0 Å². The first-order chi connectivity index (χ1) is 17.3. The van der Waals surface area contributed by atoms with E-state index < -0.39 is 15.8 Å². The van der Waals surface area contributed by atoms with Crippen molar-refractivity contribution < 1.29 is 17.6 Å². The highest BCUT2D eigenvalue weighted by atomic mass is 32.2. The van der Waals surface area contributed by atoms with Gasteiger partial charge in [-0.2, -0.15) is 4.31 Å². The smallest absolute Gasteiger partial charge is 0.408 e. The molecule has 2 aliphatic heterocycles. The van der Waals surface area contributed by atoms with Gasteiger partial charge >= 0.3 is 5.76 Å². The molecule has 5 rings (SSSR count). The van der Waals surface area contributed by atoms with E-state index in [1.54, 1.807) is 13.1 Å². The zero-order chi connectivity index (χ0) is 25.3. The highest BCUT2D eigenvalue weighted by molar-refractivity contribution is 7.89. The first kappa shape index (κ1) is 24.7. The Hall–Kier alpha value is -2.95. The molecule has 3 aromatic rings. The van der Waals surface area contributed by atoms with Gasteiger partial charge < -0.3 is 9.73 Å². The Labute approximate surface area is 210 Å². The zero-order valence-corrected chi connectivity index (χ0v) is 21.2. The highest BCUT2D eigenvalue weighted by Crippen LogP contribution is 2.26. The Morgan fingerprint density at radius 3 is 2.56 bits per heavy atom. The molecule has 0 bridgehead atoms. The number of amides is 1. The Balaban J connectivity index is 1.18. The minimum Gasteiger partial charge on any atom is -0.408 e. The van der Waals surface area contributed by atoms with Crippen LogP contribution in [0, 0.1) is 5.92 Å². The third kappa shape index (κ3) is 5.11. The molecule has 2 fully saturated rings.